The van der Waals surface area contributed by atoms with Gasteiger partial charge < -0.3 is 20.3 Å². The van der Waals surface area contributed by atoms with Gasteiger partial charge in [-0.25, -0.2) is 0 Å². The maximum atomic E-state index is 5.18. The molecule has 1 saturated heterocycles. The fraction of sp³-hybridized carbons (Fsp3) is 0.632. The van der Waals surface area contributed by atoms with E-state index in [1.807, 2.05) is 19.2 Å². The molecule has 0 saturated carbocycles. The molecule has 0 aliphatic carbocycles. The molecular formula is C19H33IN4O. The summed E-state index contributed by atoms with van der Waals surface area (Å²) >= 11 is 0. The molecule has 1 aliphatic heterocycles. The Hall–Kier alpha value is -1.02. The van der Waals surface area contributed by atoms with Crippen molar-refractivity contribution in [1.82, 2.24) is 15.5 Å². The highest BCUT2D eigenvalue weighted by molar-refractivity contribution is 14.0. The van der Waals surface area contributed by atoms with Crippen molar-refractivity contribution in [1.29, 1.82) is 0 Å². The summed E-state index contributed by atoms with van der Waals surface area (Å²) in [6.07, 6.45) is 3.88. The van der Waals surface area contributed by atoms with E-state index in [2.05, 4.69) is 39.6 Å². The third-order valence-electron chi connectivity index (χ3n) is 4.53. The Balaban J connectivity index is 0.00000312. The molecule has 2 N–H and O–H groups in total. The quantitative estimate of drug-likeness (QED) is 0.284. The van der Waals surface area contributed by atoms with Gasteiger partial charge in [-0.05, 0) is 56.0 Å². The van der Waals surface area contributed by atoms with Crippen LogP contribution in [0.1, 0.15) is 31.7 Å². The normalized spacial score (nSPS) is 18.4. The van der Waals surface area contributed by atoms with Gasteiger partial charge in [0.2, 0.25) is 0 Å². The van der Waals surface area contributed by atoms with Gasteiger partial charge in [-0.15, -0.1) is 24.0 Å². The molecule has 1 aromatic carbocycles. The molecule has 0 bridgehead atoms. The van der Waals surface area contributed by atoms with E-state index in [1.165, 1.54) is 38.0 Å². The average molecular weight is 460 g/mol. The van der Waals surface area contributed by atoms with E-state index in [4.69, 9.17) is 4.74 Å². The van der Waals surface area contributed by atoms with E-state index in [0.29, 0.717) is 0 Å². The van der Waals surface area contributed by atoms with E-state index >= 15 is 0 Å². The number of benzene rings is 1. The van der Waals surface area contributed by atoms with Gasteiger partial charge in [-0.1, -0.05) is 19.1 Å². The van der Waals surface area contributed by atoms with Crippen LogP contribution in [0.3, 0.4) is 0 Å². The number of guanidine groups is 1. The topological polar surface area (TPSA) is 48.9 Å². The van der Waals surface area contributed by atoms with Crippen molar-refractivity contribution in [2.24, 2.45) is 10.9 Å². The predicted octanol–water partition coefficient (Wildman–Crippen LogP) is 3.10. The molecule has 6 heteroatoms. The SMILES string of the molecule is CN=C(NCCCN1CCCC(C)C1)NCc1ccc(OC)cc1.I. The molecule has 1 fully saturated rings. The summed E-state index contributed by atoms with van der Waals surface area (Å²) in [7, 11) is 3.50. The van der Waals surface area contributed by atoms with Gasteiger partial charge in [-0.2, -0.15) is 0 Å². The zero-order chi connectivity index (χ0) is 17.2. The van der Waals surface area contributed by atoms with Crippen LogP contribution in [0.5, 0.6) is 5.75 Å². The second-order valence-electron chi connectivity index (χ2n) is 6.60. The largest absolute Gasteiger partial charge is 0.497 e. The van der Waals surface area contributed by atoms with Crippen LogP contribution in [0, 0.1) is 5.92 Å². The van der Waals surface area contributed by atoms with Crippen LogP contribution in [-0.2, 0) is 6.54 Å². The van der Waals surface area contributed by atoms with Crippen molar-refractivity contribution in [3.63, 3.8) is 0 Å². The molecule has 0 spiro atoms. The lowest BCUT2D eigenvalue weighted by Crippen LogP contribution is -2.39. The molecule has 1 unspecified atom stereocenters. The molecular weight excluding hydrogens is 427 g/mol. The van der Waals surface area contributed by atoms with E-state index in [-0.39, 0.29) is 24.0 Å². The van der Waals surface area contributed by atoms with Crippen molar-refractivity contribution >= 4 is 29.9 Å². The first-order valence-corrected chi connectivity index (χ1v) is 9.01. The molecule has 25 heavy (non-hydrogen) atoms. The average Bonchev–Trinajstić information content (AvgIpc) is 2.61. The van der Waals surface area contributed by atoms with Crippen LogP contribution in [0.25, 0.3) is 0 Å². The van der Waals surface area contributed by atoms with Gasteiger partial charge in [0.1, 0.15) is 5.75 Å². The van der Waals surface area contributed by atoms with E-state index in [1.54, 1.807) is 7.11 Å². The Morgan fingerprint density at radius 1 is 1.28 bits per heavy atom. The highest BCUT2D eigenvalue weighted by Gasteiger charge is 2.15. The van der Waals surface area contributed by atoms with Gasteiger partial charge in [0.05, 0.1) is 7.11 Å². The maximum absolute atomic E-state index is 5.18. The summed E-state index contributed by atoms with van der Waals surface area (Å²) in [5.41, 5.74) is 1.21. The second kappa shape index (κ2) is 12.4. The number of piperidine rings is 1. The molecule has 1 aliphatic rings. The Kier molecular flexibility index (Phi) is 10.9. The minimum atomic E-state index is 0. The van der Waals surface area contributed by atoms with Crippen LogP contribution in [0.15, 0.2) is 29.3 Å². The molecule has 0 radical (unpaired) electrons. The summed E-state index contributed by atoms with van der Waals surface area (Å²) in [6.45, 7) is 7.75. The minimum Gasteiger partial charge on any atom is -0.497 e. The van der Waals surface area contributed by atoms with Crippen molar-refractivity contribution in [3.8, 4) is 5.75 Å². The maximum Gasteiger partial charge on any atom is 0.191 e. The van der Waals surface area contributed by atoms with Crippen LogP contribution in [0.2, 0.25) is 0 Å². The molecule has 1 heterocycles. The number of hydrogen-bond donors (Lipinski definition) is 2. The Labute approximate surface area is 169 Å². The number of halogens is 1. The number of likely N-dealkylation sites (tertiary alicyclic amines) is 1. The Bertz CT molecular complexity index is 507. The van der Waals surface area contributed by atoms with Gasteiger partial charge in [0, 0.05) is 26.7 Å². The Morgan fingerprint density at radius 2 is 2.04 bits per heavy atom. The number of nitrogens with one attached hydrogen (secondary N) is 2. The van der Waals surface area contributed by atoms with Crippen LogP contribution in [0.4, 0.5) is 0 Å². The van der Waals surface area contributed by atoms with E-state index in [0.717, 1.165) is 37.1 Å². The van der Waals surface area contributed by atoms with E-state index < -0.39 is 0 Å². The summed E-state index contributed by atoms with van der Waals surface area (Å²) < 4.78 is 5.18. The number of ether oxygens (including phenoxy) is 1. The van der Waals surface area contributed by atoms with Crippen molar-refractivity contribution in [2.75, 3.05) is 40.3 Å². The lowest BCUT2D eigenvalue weighted by molar-refractivity contribution is 0.182. The number of aliphatic imine (C=N–C) groups is 1. The zero-order valence-corrected chi connectivity index (χ0v) is 18.1. The summed E-state index contributed by atoms with van der Waals surface area (Å²) in [4.78, 5) is 6.88. The van der Waals surface area contributed by atoms with Gasteiger partial charge in [0.25, 0.3) is 0 Å². The lowest BCUT2D eigenvalue weighted by Gasteiger charge is -2.30. The van der Waals surface area contributed by atoms with Gasteiger partial charge in [0.15, 0.2) is 5.96 Å². The standard InChI is InChI=1S/C19H32N4O.HI/c1-16-6-4-12-23(15-16)13-5-11-21-19(20-2)22-14-17-7-9-18(24-3)10-8-17;/h7-10,16H,4-6,11-15H2,1-3H3,(H2,20,21,22);1H. The van der Waals surface area contributed by atoms with Crippen LogP contribution < -0.4 is 15.4 Å². The van der Waals surface area contributed by atoms with Crippen LogP contribution in [-0.4, -0.2) is 51.2 Å². The zero-order valence-electron chi connectivity index (χ0n) is 15.8. The van der Waals surface area contributed by atoms with E-state index in [9.17, 15) is 0 Å². The number of nitrogens with zero attached hydrogens (tertiary/aromatic N) is 2. The molecule has 142 valence electrons. The van der Waals surface area contributed by atoms with Gasteiger partial charge >= 0.3 is 0 Å². The van der Waals surface area contributed by atoms with Crippen molar-refractivity contribution in [2.45, 2.75) is 32.7 Å². The molecule has 0 amide bonds. The molecule has 5 nitrogen and oxygen atoms in total. The smallest absolute Gasteiger partial charge is 0.191 e. The number of methoxy groups -OCH3 is 1. The molecule has 1 aromatic rings. The minimum absolute atomic E-state index is 0. The van der Waals surface area contributed by atoms with Gasteiger partial charge in [-0.3, -0.25) is 4.99 Å². The first-order chi connectivity index (χ1) is 11.7. The number of rotatable bonds is 7. The predicted molar refractivity (Wildman–Crippen MR) is 116 cm³/mol. The van der Waals surface area contributed by atoms with Crippen LogP contribution >= 0.6 is 24.0 Å². The first kappa shape index (κ1) is 22.0. The highest BCUT2D eigenvalue weighted by Crippen LogP contribution is 2.15. The third-order valence-corrected chi connectivity index (χ3v) is 4.53. The summed E-state index contributed by atoms with van der Waals surface area (Å²) in [5.74, 6) is 2.59. The number of hydrogen-bond acceptors (Lipinski definition) is 3. The monoisotopic (exact) mass is 460 g/mol. The molecule has 0 aromatic heterocycles. The van der Waals surface area contributed by atoms with Crippen molar-refractivity contribution < 1.29 is 4.74 Å². The molecule has 1 atom stereocenters. The second-order valence-corrected chi connectivity index (χ2v) is 6.60. The molecule has 2 rings (SSSR count). The van der Waals surface area contributed by atoms with Crippen molar-refractivity contribution in [3.05, 3.63) is 29.8 Å². The lowest BCUT2D eigenvalue weighted by atomic mass is 10.0. The fourth-order valence-electron chi connectivity index (χ4n) is 3.15. The fourth-order valence-corrected chi connectivity index (χ4v) is 3.15. The third kappa shape index (κ3) is 8.27. The Morgan fingerprint density at radius 3 is 2.68 bits per heavy atom. The first-order valence-electron chi connectivity index (χ1n) is 9.01. The summed E-state index contributed by atoms with van der Waals surface area (Å²) in [6, 6.07) is 8.09. The highest BCUT2D eigenvalue weighted by atomic mass is 127. The summed E-state index contributed by atoms with van der Waals surface area (Å²) in [5, 5.41) is 6.75.